The Bertz CT molecular complexity index is 1220. The maximum Gasteiger partial charge on any atom is 0.240 e. The van der Waals surface area contributed by atoms with Crippen LogP contribution in [0, 0.1) is 5.92 Å². The van der Waals surface area contributed by atoms with Gasteiger partial charge in [-0.1, -0.05) is 18.2 Å². The van der Waals surface area contributed by atoms with E-state index in [2.05, 4.69) is 10.5 Å². The Labute approximate surface area is 186 Å². The topological polar surface area (TPSA) is 103 Å². The van der Waals surface area contributed by atoms with Crippen molar-refractivity contribution >= 4 is 22.0 Å². The zero-order valence-electron chi connectivity index (χ0n) is 17.6. The second-order valence-electron chi connectivity index (χ2n) is 7.71. The van der Waals surface area contributed by atoms with Gasteiger partial charge in [0.15, 0.2) is 9.84 Å². The first-order chi connectivity index (χ1) is 15.4. The molecule has 0 radical (unpaired) electrons. The molecule has 0 spiro atoms. The fourth-order valence-corrected chi connectivity index (χ4v) is 5.54. The first-order valence-electron chi connectivity index (χ1n) is 10.3. The van der Waals surface area contributed by atoms with Crippen molar-refractivity contribution in [3.63, 3.8) is 0 Å². The molecule has 1 aliphatic rings. The van der Waals surface area contributed by atoms with Gasteiger partial charge in [-0.25, -0.2) is 18.5 Å². The Morgan fingerprint density at radius 3 is 2.62 bits per heavy atom. The van der Waals surface area contributed by atoms with Crippen molar-refractivity contribution in [1.82, 2.24) is 15.2 Å². The van der Waals surface area contributed by atoms with Crippen molar-refractivity contribution in [1.29, 1.82) is 0 Å². The number of hydrogen-bond acceptors (Lipinski definition) is 6. The van der Waals surface area contributed by atoms with Crippen LogP contribution >= 0.6 is 0 Å². The van der Waals surface area contributed by atoms with Gasteiger partial charge in [0, 0.05) is 23.7 Å². The van der Waals surface area contributed by atoms with Crippen molar-refractivity contribution in [2.45, 2.75) is 12.8 Å². The highest BCUT2D eigenvalue weighted by atomic mass is 32.2. The summed E-state index contributed by atoms with van der Waals surface area (Å²) in [6.07, 6.45) is 4.06. The van der Waals surface area contributed by atoms with Gasteiger partial charge in [-0.05, 0) is 48.7 Å². The van der Waals surface area contributed by atoms with E-state index < -0.39 is 9.84 Å². The van der Waals surface area contributed by atoms with Gasteiger partial charge in [-0.2, -0.15) is 10.2 Å². The monoisotopic (exact) mass is 452 g/mol. The van der Waals surface area contributed by atoms with Crippen molar-refractivity contribution in [3.05, 3.63) is 66.4 Å². The highest BCUT2D eigenvalue weighted by molar-refractivity contribution is 7.91. The Hall–Kier alpha value is -3.46. The second-order valence-corrected chi connectivity index (χ2v) is 9.94. The molecule has 1 aromatic heterocycles. The van der Waals surface area contributed by atoms with Gasteiger partial charge in [0.2, 0.25) is 5.91 Å². The lowest BCUT2D eigenvalue weighted by molar-refractivity contribution is -0.121. The highest BCUT2D eigenvalue weighted by Crippen LogP contribution is 2.25. The third-order valence-corrected chi connectivity index (χ3v) is 7.16. The van der Waals surface area contributed by atoms with E-state index in [1.54, 1.807) is 18.0 Å². The summed E-state index contributed by atoms with van der Waals surface area (Å²) in [6, 6.07) is 17.2. The number of ether oxygens (including phenoxy) is 1. The zero-order chi connectivity index (χ0) is 22.6. The minimum atomic E-state index is -3.01. The molecule has 2 aromatic carbocycles. The average molecular weight is 453 g/mol. The summed E-state index contributed by atoms with van der Waals surface area (Å²) in [5.41, 5.74) is 5.72. The molecular formula is C23H24N4O4S. The number of benzene rings is 2. The first kappa shape index (κ1) is 21.8. The van der Waals surface area contributed by atoms with Gasteiger partial charge in [0.25, 0.3) is 0 Å². The number of hydrogen-bond donors (Lipinski definition) is 1. The van der Waals surface area contributed by atoms with Gasteiger partial charge >= 0.3 is 0 Å². The van der Waals surface area contributed by atoms with Crippen LogP contribution in [0.2, 0.25) is 0 Å². The number of carbonyl (C=O) groups excluding carboxylic acids is 1. The van der Waals surface area contributed by atoms with Crippen molar-refractivity contribution in [3.8, 4) is 22.7 Å². The van der Waals surface area contributed by atoms with Crippen LogP contribution in [0.3, 0.4) is 0 Å². The Morgan fingerprint density at radius 1 is 1.22 bits per heavy atom. The molecule has 2 heterocycles. The Balaban J connectivity index is 1.53. The van der Waals surface area contributed by atoms with E-state index in [4.69, 9.17) is 9.84 Å². The van der Waals surface area contributed by atoms with Gasteiger partial charge in [-0.15, -0.1) is 0 Å². The molecule has 8 nitrogen and oxygen atoms in total. The minimum Gasteiger partial charge on any atom is -0.497 e. The number of nitrogens with one attached hydrogen (secondary N) is 1. The first-order valence-corrected chi connectivity index (χ1v) is 12.1. The molecule has 166 valence electrons. The van der Waals surface area contributed by atoms with Crippen LogP contribution < -0.4 is 10.2 Å². The number of hydrazone groups is 1. The lowest BCUT2D eigenvalue weighted by atomic mass is 10.1. The molecule has 1 atom stereocenters. The second kappa shape index (κ2) is 9.35. The van der Waals surface area contributed by atoms with Gasteiger partial charge < -0.3 is 4.74 Å². The molecular weight excluding hydrogens is 428 g/mol. The van der Waals surface area contributed by atoms with E-state index in [9.17, 15) is 13.2 Å². The largest absolute Gasteiger partial charge is 0.497 e. The van der Waals surface area contributed by atoms with E-state index in [1.165, 1.54) is 0 Å². The third kappa shape index (κ3) is 5.23. The minimum absolute atomic E-state index is 0.0651. The summed E-state index contributed by atoms with van der Waals surface area (Å²) >= 11 is 0. The van der Waals surface area contributed by atoms with E-state index in [1.807, 2.05) is 60.8 Å². The molecule has 3 aromatic rings. The standard InChI is InChI=1S/C23H24N4O4S/c1-31-21-9-7-18(8-10-21)23-19(15-27(26-23)20-5-3-2-4-6-20)14-24-25-22(28)13-17-11-12-32(29,30)16-17/h2-10,14-15,17H,11-13,16H2,1H3,(H,25,28)/b24-14+. The number of para-hydroxylation sites is 1. The maximum absolute atomic E-state index is 12.2. The number of nitrogens with zero attached hydrogens (tertiary/aromatic N) is 3. The molecule has 0 aliphatic carbocycles. The lowest BCUT2D eigenvalue weighted by Gasteiger charge is -2.05. The fourth-order valence-electron chi connectivity index (χ4n) is 3.68. The molecule has 0 bridgehead atoms. The number of methoxy groups -OCH3 is 1. The fraction of sp³-hybridized carbons (Fsp3) is 0.261. The summed E-state index contributed by atoms with van der Waals surface area (Å²) in [4.78, 5) is 12.2. The quantitative estimate of drug-likeness (QED) is 0.439. The van der Waals surface area contributed by atoms with Crippen molar-refractivity contribution in [2.75, 3.05) is 18.6 Å². The Kier molecular flexibility index (Phi) is 6.36. The third-order valence-electron chi connectivity index (χ3n) is 5.32. The Morgan fingerprint density at radius 2 is 1.97 bits per heavy atom. The normalized spacial score (nSPS) is 17.5. The molecule has 32 heavy (non-hydrogen) atoms. The van der Waals surface area contributed by atoms with Crippen LogP contribution in [0.15, 0.2) is 65.9 Å². The van der Waals surface area contributed by atoms with Crippen LogP contribution in [0.4, 0.5) is 0 Å². The molecule has 1 fully saturated rings. The predicted octanol–water partition coefficient (Wildman–Crippen LogP) is 2.82. The van der Waals surface area contributed by atoms with Crippen molar-refractivity contribution in [2.24, 2.45) is 11.0 Å². The van der Waals surface area contributed by atoms with Crippen LogP contribution in [-0.4, -0.2) is 48.9 Å². The molecule has 1 N–H and O–H groups in total. The van der Waals surface area contributed by atoms with Gasteiger partial charge in [0.1, 0.15) is 11.4 Å². The molecule has 1 aliphatic heterocycles. The number of sulfone groups is 1. The summed E-state index contributed by atoms with van der Waals surface area (Å²) in [7, 11) is -1.40. The molecule has 4 rings (SSSR count). The summed E-state index contributed by atoms with van der Waals surface area (Å²) in [5.74, 6) is 0.511. The number of amides is 1. The number of aromatic nitrogens is 2. The molecule has 1 saturated heterocycles. The highest BCUT2D eigenvalue weighted by Gasteiger charge is 2.29. The van der Waals surface area contributed by atoms with Gasteiger partial charge in [-0.3, -0.25) is 4.79 Å². The van der Waals surface area contributed by atoms with E-state index in [0.717, 1.165) is 22.6 Å². The van der Waals surface area contributed by atoms with Crippen LogP contribution in [0.1, 0.15) is 18.4 Å². The average Bonchev–Trinajstić information content (AvgIpc) is 3.37. The molecule has 1 amide bonds. The van der Waals surface area contributed by atoms with Crippen LogP contribution in [0.5, 0.6) is 5.75 Å². The lowest BCUT2D eigenvalue weighted by Crippen LogP contribution is -2.21. The molecule has 0 saturated carbocycles. The van der Waals surface area contributed by atoms with E-state index in [0.29, 0.717) is 12.1 Å². The van der Waals surface area contributed by atoms with Gasteiger partial charge in [0.05, 0.1) is 30.5 Å². The van der Waals surface area contributed by atoms with Crippen LogP contribution in [-0.2, 0) is 14.6 Å². The summed E-state index contributed by atoms with van der Waals surface area (Å²) in [6.45, 7) is 0. The predicted molar refractivity (Wildman–Crippen MR) is 123 cm³/mol. The maximum atomic E-state index is 12.2. The smallest absolute Gasteiger partial charge is 0.240 e. The number of carbonyl (C=O) groups is 1. The molecule has 1 unspecified atom stereocenters. The summed E-state index contributed by atoms with van der Waals surface area (Å²) in [5, 5.41) is 8.80. The zero-order valence-corrected chi connectivity index (χ0v) is 18.5. The molecule has 9 heteroatoms. The summed E-state index contributed by atoms with van der Waals surface area (Å²) < 4.78 is 30.1. The van der Waals surface area contributed by atoms with E-state index >= 15 is 0 Å². The van der Waals surface area contributed by atoms with E-state index in [-0.39, 0.29) is 29.8 Å². The SMILES string of the molecule is COc1ccc(-c2nn(-c3ccccc3)cc2/C=N/NC(=O)CC2CCS(=O)(=O)C2)cc1. The number of rotatable bonds is 7. The van der Waals surface area contributed by atoms with Crippen LogP contribution in [0.25, 0.3) is 16.9 Å². The van der Waals surface area contributed by atoms with Crippen molar-refractivity contribution < 1.29 is 17.9 Å².